The van der Waals surface area contributed by atoms with Crippen LogP contribution in [0.15, 0.2) is 29.2 Å². The lowest BCUT2D eigenvalue weighted by Crippen LogP contribution is -2.44. The Labute approximate surface area is 167 Å². The van der Waals surface area contributed by atoms with Crippen molar-refractivity contribution in [2.75, 3.05) is 26.2 Å². The minimum Gasteiger partial charge on any atom is -0.377 e. The Kier molecular flexibility index (Phi) is 6.04. The van der Waals surface area contributed by atoms with Crippen LogP contribution in [0.5, 0.6) is 0 Å². The number of nitrogens with one attached hydrogen (secondary N) is 1. The Hall–Kier alpha value is -1.44. The number of likely N-dealkylation sites (tertiary alicyclic amines) is 1. The second kappa shape index (κ2) is 8.51. The van der Waals surface area contributed by atoms with Gasteiger partial charge in [-0.05, 0) is 55.7 Å². The molecule has 2 saturated heterocycles. The lowest BCUT2D eigenvalue weighted by Gasteiger charge is -2.41. The topological polar surface area (TPSA) is 75.7 Å². The molecule has 1 aromatic carbocycles. The van der Waals surface area contributed by atoms with Crippen LogP contribution < -0.4 is 4.72 Å². The van der Waals surface area contributed by atoms with E-state index in [2.05, 4.69) is 4.72 Å². The molecule has 3 fully saturated rings. The minimum absolute atomic E-state index is 0.0554. The molecular formula is C21H30N2O4S. The number of nitrogens with zero attached hydrogens (tertiary/aromatic N) is 1. The lowest BCUT2D eigenvalue weighted by molar-refractivity contribution is 0.0520. The molecule has 0 bridgehead atoms. The number of fused-ring (bicyclic) bond motifs is 1. The van der Waals surface area contributed by atoms with E-state index in [0.717, 1.165) is 38.3 Å². The number of rotatable bonds is 5. The summed E-state index contributed by atoms with van der Waals surface area (Å²) >= 11 is 0. The fraction of sp³-hybridized carbons (Fsp3) is 0.667. The van der Waals surface area contributed by atoms with Crippen molar-refractivity contribution in [2.24, 2.45) is 11.8 Å². The lowest BCUT2D eigenvalue weighted by atomic mass is 9.75. The van der Waals surface area contributed by atoms with E-state index in [9.17, 15) is 13.2 Å². The largest absolute Gasteiger partial charge is 0.377 e. The van der Waals surface area contributed by atoms with E-state index in [1.54, 1.807) is 18.2 Å². The highest BCUT2D eigenvalue weighted by atomic mass is 32.2. The summed E-state index contributed by atoms with van der Waals surface area (Å²) in [6.07, 6.45) is 7.91. The van der Waals surface area contributed by atoms with Crippen LogP contribution in [0.4, 0.5) is 0 Å². The summed E-state index contributed by atoms with van der Waals surface area (Å²) in [4.78, 5) is 15.1. The summed E-state index contributed by atoms with van der Waals surface area (Å²) in [6.45, 7) is 2.54. The number of benzene rings is 1. The van der Waals surface area contributed by atoms with Crippen molar-refractivity contribution in [3.05, 3.63) is 29.8 Å². The monoisotopic (exact) mass is 406 g/mol. The number of carbonyl (C=O) groups excluding carboxylic acids is 1. The highest BCUT2D eigenvalue weighted by Gasteiger charge is 2.33. The molecule has 6 nitrogen and oxygen atoms in total. The molecule has 1 N–H and O–H groups in total. The fourth-order valence-electron chi connectivity index (χ4n) is 4.86. The summed E-state index contributed by atoms with van der Waals surface area (Å²) < 4.78 is 33.4. The van der Waals surface area contributed by atoms with E-state index in [0.29, 0.717) is 18.1 Å². The molecule has 4 rings (SSSR count). The number of sulfonamides is 1. The zero-order valence-corrected chi connectivity index (χ0v) is 17.1. The van der Waals surface area contributed by atoms with Gasteiger partial charge in [0.15, 0.2) is 0 Å². The van der Waals surface area contributed by atoms with Crippen LogP contribution in [0.2, 0.25) is 0 Å². The molecular weight excluding hydrogens is 376 g/mol. The zero-order chi connectivity index (χ0) is 19.6. The van der Waals surface area contributed by atoms with Crippen LogP contribution in [0.25, 0.3) is 0 Å². The van der Waals surface area contributed by atoms with Crippen molar-refractivity contribution in [2.45, 2.75) is 55.9 Å². The highest BCUT2D eigenvalue weighted by molar-refractivity contribution is 7.89. The van der Waals surface area contributed by atoms with Gasteiger partial charge in [0.05, 0.1) is 11.0 Å². The van der Waals surface area contributed by atoms with Crippen LogP contribution in [0.1, 0.15) is 55.3 Å². The number of piperidine rings is 1. The number of ether oxygens (including phenoxy) is 1. The van der Waals surface area contributed by atoms with Crippen molar-refractivity contribution >= 4 is 15.9 Å². The molecule has 154 valence electrons. The van der Waals surface area contributed by atoms with Gasteiger partial charge < -0.3 is 9.64 Å². The Morgan fingerprint density at radius 1 is 1.11 bits per heavy atom. The van der Waals surface area contributed by atoms with Crippen molar-refractivity contribution in [3.8, 4) is 0 Å². The van der Waals surface area contributed by atoms with Crippen molar-refractivity contribution < 1.29 is 17.9 Å². The van der Waals surface area contributed by atoms with Gasteiger partial charge in [0.1, 0.15) is 0 Å². The molecule has 3 atom stereocenters. The molecule has 7 heteroatoms. The molecule has 1 amide bonds. The molecule has 1 aromatic rings. The van der Waals surface area contributed by atoms with E-state index in [1.165, 1.54) is 31.7 Å². The molecule has 1 saturated carbocycles. The molecule has 3 unspecified atom stereocenters. The van der Waals surface area contributed by atoms with Gasteiger partial charge in [-0.3, -0.25) is 4.79 Å². The maximum absolute atomic E-state index is 13.0. The van der Waals surface area contributed by atoms with Gasteiger partial charge in [-0.2, -0.15) is 0 Å². The quantitative estimate of drug-likeness (QED) is 0.816. The minimum atomic E-state index is -3.65. The van der Waals surface area contributed by atoms with Crippen LogP contribution >= 0.6 is 0 Å². The van der Waals surface area contributed by atoms with Gasteiger partial charge in [-0.1, -0.05) is 25.3 Å². The number of carbonyl (C=O) groups is 1. The maximum Gasteiger partial charge on any atom is 0.253 e. The van der Waals surface area contributed by atoms with Gasteiger partial charge in [-0.15, -0.1) is 0 Å². The highest BCUT2D eigenvalue weighted by Crippen LogP contribution is 2.36. The number of hydrogen-bond acceptors (Lipinski definition) is 4. The third-order valence-electron chi connectivity index (χ3n) is 6.49. The number of amides is 1. The van der Waals surface area contributed by atoms with Crippen LogP contribution in [-0.4, -0.2) is 51.6 Å². The van der Waals surface area contributed by atoms with E-state index >= 15 is 0 Å². The van der Waals surface area contributed by atoms with Gasteiger partial charge in [0.25, 0.3) is 5.91 Å². The van der Waals surface area contributed by atoms with E-state index in [-0.39, 0.29) is 23.5 Å². The van der Waals surface area contributed by atoms with Crippen LogP contribution in [0, 0.1) is 11.8 Å². The van der Waals surface area contributed by atoms with E-state index < -0.39 is 10.0 Å². The molecule has 3 aliphatic rings. The molecule has 28 heavy (non-hydrogen) atoms. The molecule has 1 aliphatic carbocycles. The summed E-state index contributed by atoms with van der Waals surface area (Å²) in [5, 5.41) is 0. The Balaban J connectivity index is 1.43. The first-order chi connectivity index (χ1) is 13.5. The van der Waals surface area contributed by atoms with Gasteiger partial charge >= 0.3 is 0 Å². The van der Waals surface area contributed by atoms with Gasteiger partial charge in [0.2, 0.25) is 10.0 Å². The van der Waals surface area contributed by atoms with Crippen molar-refractivity contribution in [1.82, 2.24) is 9.62 Å². The first-order valence-corrected chi connectivity index (χ1v) is 12.0. The van der Waals surface area contributed by atoms with Crippen LogP contribution in [0.3, 0.4) is 0 Å². The molecule has 0 radical (unpaired) electrons. The molecule has 0 aromatic heterocycles. The Bertz CT molecular complexity index is 804. The summed E-state index contributed by atoms with van der Waals surface area (Å²) in [5.41, 5.74) is 0.453. The fourth-order valence-corrected chi connectivity index (χ4v) is 5.97. The SMILES string of the molecule is O=C(c1cccc(S(=O)(=O)NCC2CCCO2)c1)N1CCC2CCCCC2C1. The predicted molar refractivity (Wildman–Crippen MR) is 107 cm³/mol. The van der Waals surface area contributed by atoms with Crippen molar-refractivity contribution in [1.29, 1.82) is 0 Å². The predicted octanol–water partition coefficient (Wildman–Crippen LogP) is 2.80. The van der Waals surface area contributed by atoms with E-state index in [1.807, 2.05) is 4.90 Å². The zero-order valence-electron chi connectivity index (χ0n) is 16.3. The average molecular weight is 407 g/mol. The summed E-state index contributed by atoms with van der Waals surface area (Å²) in [7, 11) is -3.65. The maximum atomic E-state index is 13.0. The standard InChI is InChI=1S/C21H30N2O4S/c24-21(23-11-10-16-5-1-2-6-18(16)15-23)17-7-3-9-20(13-17)28(25,26)22-14-19-8-4-12-27-19/h3,7,9,13,16,18-19,22H,1-2,4-6,8,10-12,14-15H2. The van der Waals surface area contributed by atoms with Gasteiger partial charge in [-0.25, -0.2) is 13.1 Å². The average Bonchev–Trinajstić information content (AvgIpc) is 3.25. The van der Waals surface area contributed by atoms with E-state index in [4.69, 9.17) is 4.74 Å². The third-order valence-corrected chi connectivity index (χ3v) is 7.92. The molecule has 2 aliphatic heterocycles. The Morgan fingerprint density at radius 2 is 1.93 bits per heavy atom. The summed E-state index contributed by atoms with van der Waals surface area (Å²) in [6, 6.07) is 6.42. The smallest absolute Gasteiger partial charge is 0.253 e. The first-order valence-electron chi connectivity index (χ1n) is 10.5. The molecule has 0 spiro atoms. The second-order valence-electron chi connectivity index (χ2n) is 8.36. The third kappa shape index (κ3) is 4.42. The summed E-state index contributed by atoms with van der Waals surface area (Å²) in [5.74, 6) is 1.30. The second-order valence-corrected chi connectivity index (χ2v) is 10.1. The first kappa shape index (κ1) is 19.9. The normalized spacial score (nSPS) is 28.1. The van der Waals surface area contributed by atoms with Gasteiger partial charge in [0, 0.05) is 31.8 Å². The van der Waals surface area contributed by atoms with Crippen molar-refractivity contribution in [3.63, 3.8) is 0 Å². The Morgan fingerprint density at radius 3 is 2.71 bits per heavy atom. The number of hydrogen-bond donors (Lipinski definition) is 1. The van der Waals surface area contributed by atoms with Crippen LogP contribution in [-0.2, 0) is 14.8 Å². The molecule has 2 heterocycles.